The molecular formula is C14H25N5O2. The first-order valence-corrected chi connectivity index (χ1v) is 7.64. The Morgan fingerprint density at radius 3 is 3.10 bits per heavy atom. The summed E-state index contributed by atoms with van der Waals surface area (Å²) < 4.78 is 5.26. The van der Waals surface area contributed by atoms with E-state index >= 15 is 0 Å². The van der Waals surface area contributed by atoms with E-state index in [4.69, 9.17) is 4.52 Å². The van der Waals surface area contributed by atoms with Crippen LogP contribution in [0.15, 0.2) is 4.52 Å². The van der Waals surface area contributed by atoms with Crippen LogP contribution in [0.1, 0.15) is 32.5 Å². The molecule has 1 fully saturated rings. The van der Waals surface area contributed by atoms with E-state index in [0.29, 0.717) is 37.3 Å². The zero-order valence-corrected chi connectivity index (χ0v) is 13.1. The number of likely N-dealkylation sites (N-methyl/N-ethyl adjacent to an activating group) is 1. The predicted octanol–water partition coefficient (Wildman–Crippen LogP) is 0.178. The number of aromatic nitrogens is 2. The fraction of sp³-hybridized carbons (Fsp3) is 0.786. The van der Waals surface area contributed by atoms with E-state index in [1.54, 1.807) is 0 Å². The average molecular weight is 295 g/mol. The van der Waals surface area contributed by atoms with Crippen molar-refractivity contribution in [2.75, 3.05) is 26.2 Å². The first-order chi connectivity index (χ1) is 10.1. The number of rotatable bonds is 6. The molecule has 118 valence electrons. The minimum absolute atomic E-state index is 0.0515. The molecule has 7 heteroatoms. The molecule has 0 aromatic carbocycles. The van der Waals surface area contributed by atoms with Crippen molar-refractivity contribution in [3.05, 3.63) is 11.7 Å². The zero-order chi connectivity index (χ0) is 15.2. The largest absolute Gasteiger partial charge is 0.355 e. The molecule has 2 heterocycles. The van der Waals surface area contributed by atoms with Gasteiger partial charge in [-0.15, -0.1) is 0 Å². The summed E-state index contributed by atoms with van der Waals surface area (Å²) in [7, 11) is 0. The molecular weight excluding hydrogens is 270 g/mol. The van der Waals surface area contributed by atoms with Crippen LogP contribution in [0, 0.1) is 5.92 Å². The van der Waals surface area contributed by atoms with Crippen molar-refractivity contribution >= 4 is 5.91 Å². The third-order valence-electron chi connectivity index (χ3n) is 3.45. The quantitative estimate of drug-likeness (QED) is 0.779. The lowest BCUT2D eigenvalue weighted by Crippen LogP contribution is -2.57. The van der Waals surface area contributed by atoms with Crippen molar-refractivity contribution < 1.29 is 9.32 Å². The van der Waals surface area contributed by atoms with Gasteiger partial charge in [0, 0.05) is 32.6 Å². The number of nitrogens with zero attached hydrogens (tertiary/aromatic N) is 3. The molecule has 1 saturated heterocycles. The van der Waals surface area contributed by atoms with Crippen LogP contribution in [0.5, 0.6) is 0 Å². The molecule has 0 spiro atoms. The molecule has 2 N–H and O–H groups in total. The van der Waals surface area contributed by atoms with Gasteiger partial charge in [-0.3, -0.25) is 9.69 Å². The van der Waals surface area contributed by atoms with E-state index in [-0.39, 0.29) is 11.9 Å². The second kappa shape index (κ2) is 7.51. The van der Waals surface area contributed by atoms with E-state index in [2.05, 4.69) is 39.5 Å². The van der Waals surface area contributed by atoms with Gasteiger partial charge >= 0.3 is 0 Å². The molecule has 1 aliphatic heterocycles. The number of piperazine rings is 1. The average Bonchev–Trinajstić information content (AvgIpc) is 2.86. The van der Waals surface area contributed by atoms with Crippen molar-refractivity contribution in [1.29, 1.82) is 0 Å². The van der Waals surface area contributed by atoms with Crippen molar-refractivity contribution in [3.8, 4) is 0 Å². The Morgan fingerprint density at radius 2 is 2.38 bits per heavy atom. The standard InChI is InChI=1S/C14H25N5O2/c1-4-16-14(20)11-8-15-5-6-19(11)9-12-17-13(21-18-12)7-10(2)3/h10-11,15H,4-9H2,1-3H3,(H,16,20). The summed E-state index contributed by atoms with van der Waals surface area (Å²) >= 11 is 0. The van der Waals surface area contributed by atoms with Gasteiger partial charge in [-0.05, 0) is 12.8 Å². The van der Waals surface area contributed by atoms with Crippen LogP contribution in [0.25, 0.3) is 0 Å². The van der Waals surface area contributed by atoms with Crippen LogP contribution in [-0.4, -0.2) is 53.2 Å². The number of carbonyl (C=O) groups is 1. The van der Waals surface area contributed by atoms with Gasteiger partial charge in [0.1, 0.15) is 6.04 Å². The number of hydrogen-bond donors (Lipinski definition) is 2. The van der Waals surface area contributed by atoms with Gasteiger partial charge < -0.3 is 15.2 Å². The maximum absolute atomic E-state index is 12.1. The topological polar surface area (TPSA) is 83.3 Å². The van der Waals surface area contributed by atoms with Crippen LogP contribution in [0.2, 0.25) is 0 Å². The van der Waals surface area contributed by atoms with Crippen molar-refractivity contribution in [1.82, 2.24) is 25.7 Å². The van der Waals surface area contributed by atoms with Gasteiger partial charge in [-0.2, -0.15) is 4.98 Å². The van der Waals surface area contributed by atoms with E-state index in [9.17, 15) is 4.79 Å². The van der Waals surface area contributed by atoms with Crippen molar-refractivity contribution in [2.24, 2.45) is 5.92 Å². The zero-order valence-electron chi connectivity index (χ0n) is 13.1. The summed E-state index contributed by atoms with van der Waals surface area (Å²) in [6.45, 7) is 9.67. The highest BCUT2D eigenvalue weighted by molar-refractivity contribution is 5.82. The molecule has 7 nitrogen and oxygen atoms in total. The summed E-state index contributed by atoms with van der Waals surface area (Å²) in [4.78, 5) is 18.6. The second-order valence-corrected chi connectivity index (χ2v) is 5.79. The highest BCUT2D eigenvalue weighted by atomic mass is 16.5. The number of hydrogen-bond acceptors (Lipinski definition) is 6. The smallest absolute Gasteiger partial charge is 0.238 e. The third-order valence-corrected chi connectivity index (χ3v) is 3.45. The van der Waals surface area contributed by atoms with Crippen molar-refractivity contribution in [3.63, 3.8) is 0 Å². The molecule has 1 aromatic heterocycles. The molecule has 1 amide bonds. The summed E-state index contributed by atoms with van der Waals surface area (Å²) in [5.41, 5.74) is 0. The number of amides is 1. The fourth-order valence-electron chi connectivity index (χ4n) is 2.45. The molecule has 1 aliphatic rings. The molecule has 0 bridgehead atoms. The van der Waals surface area contributed by atoms with E-state index in [1.165, 1.54) is 0 Å². The summed E-state index contributed by atoms with van der Waals surface area (Å²) in [5, 5.41) is 10.2. The van der Waals surface area contributed by atoms with Crippen LogP contribution >= 0.6 is 0 Å². The first-order valence-electron chi connectivity index (χ1n) is 7.64. The van der Waals surface area contributed by atoms with Crippen LogP contribution in [0.3, 0.4) is 0 Å². The number of carbonyl (C=O) groups excluding carboxylic acids is 1. The lowest BCUT2D eigenvalue weighted by molar-refractivity contribution is -0.127. The Bertz CT molecular complexity index is 460. The summed E-state index contributed by atoms with van der Waals surface area (Å²) in [6.07, 6.45) is 0.786. The lowest BCUT2D eigenvalue weighted by atomic mass is 10.1. The van der Waals surface area contributed by atoms with Crippen LogP contribution < -0.4 is 10.6 Å². The highest BCUT2D eigenvalue weighted by Crippen LogP contribution is 2.11. The Labute approximate surface area is 125 Å². The summed E-state index contributed by atoms with van der Waals surface area (Å²) in [6, 6.07) is -0.175. The molecule has 21 heavy (non-hydrogen) atoms. The van der Waals surface area contributed by atoms with Gasteiger partial charge in [-0.1, -0.05) is 19.0 Å². The van der Waals surface area contributed by atoms with Gasteiger partial charge in [0.15, 0.2) is 5.82 Å². The maximum Gasteiger partial charge on any atom is 0.238 e. The minimum atomic E-state index is -0.175. The van der Waals surface area contributed by atoms with Gasteiger partial charge in [0.2, 0.25) is 11.8 Å². The molecule has 0 saturated carbocycles. The van der Waals surface area contributed by atoms with Crippen LogP contribution in [-0.2, 0) is 17.8 Å². The van der Waals surface area contributed by atoms with Gasteiger partial charge in [0.25, 0.3) is 0 Å². The van der Waals surface area contributed by atoms with E-state index < -0.39 is 0 Å². The Hall–Kier alpha value is -1.47. The SMILES string of the molecule is CCNC(=O)C1CNCCN1Cc1noc(CC(C)C)n1. The lowest BCUT2D eigenvalue weighted by Gasteiger charge is -2.34. The first kappa shape index (κ1) is 15.9. The minimum Gasteiger partial charge on any atom is -0.355 e. The Kier molecular flexibility index (Phi) is 5.69. The molecule has 0 aliphatic carbocycles. The van der Waals surface area contributed by atoms with Gasteiger partial charge in [0.05, 0.1) is 6.54 Å². The molecule has 1 atom stereocenters. The normalized spacial score (nSPS) is 19.9. The molecule has 0 radical (unpaired) electrons. The molecule has 1 unspecified atom stereocenters. The predicted molar refractivity (Wildman–Crippen MR) is 78.6 cm³/mol. The van der Waals surface area contributed by atoms with E-state index in [1.807, 2.05) is 6.92 Å². The molecule has 2 rings (SSSR count). The third kappa shape index (κ3) is 4.50. The highest BCUT2D eigenvalue weighted by Gasteiger charge is 2.29. The molecule has 1 aromatic rings. The van der Waals surface area contributed by atoms with Crippen LogP contribution in [0.4, 0.5) is 0 Å². The Morgan fingerprint density at radius 1 is 1.57 bits per heavy atom. The Balaban J connectivity index is 1.98. The maximum atomic E-state index is 12.1. The summed E-state index contributed by atoms with van der Waals surface area (Å²) in [5.74, 6) is 1.86. The fourth-order valence-corrected chi connectivity index (χ4v) is 2.45. The van der Waals surface area contributed by atoms with E-state index in [0.717, 1.165) is 19.5 Å². The number of nitrogens with one attached hydrogen (secondary N) is 2. The van der Waals surface area contributed by atoms with Crippen molar-refractivity contribution in [2.45, 2.75) is 39.8 Å². The van der Waals surface area contributed by atoms with Gasteiger partial charge in [-0.25, -0.2) is 0 Å². The second-order valence-electron chi connectivity index (χ2n) is 5.79. The monoisotopic (exact) mass is 295 g/mol.